The van der Waals surface area contributed by atoms with Crippen LogP contribution in [0.25, 0.3) is 0 Å². The lowest BCUT2D eigenvalue weighted by Gasteiger charge is -2.21. The molecule has 0 spiro atoms. The summed E-state index contributed by atoms with van der Waals surface area (Å²) in [5.41, 5.74) is 0.834. The summed E-state index contributed by atoms with van der Waals surface area (Å²) < 4.78 is 23.9. The smallest absolute Gasteiger partial charge is 0.261 e. The number of hydrogen-bond acceptors (Lipinski definition) is 3. The lowest BCUT2D eigenvalue weighted by Crippen LogP contribution is -2.39. The van der Waals surface area contributed by atoms with Gasteiger partial charge in [-0.2, -0.15) is 0 Å². The van der Waals surface area contributed by atoms with Crippen molar-refractivity contribution in [2.75, 3.05) is 7.11 Å². The van der Waals surface area contributed by atoms with Crippen LogP contribution in [0.4, 0.5) is 4.39 Å². The number of amides is 1. The molecule has 0 aliphatic rings. The van der Waals surface area contributed by atoms with Gasteiger partial charge >= 0.3 is 0 Å². The number of carbonyl (C=O) groups excluding carboxylic acids is 1. The maximum atomic E-state index is 13.0. The van der Waals surface area contributed by atoms with E-state index in [2.05, 4.69) is 5.32 Å². The van der Waals surface area contributed by atoms with Crippen LogP contribution in [0.15, 0.2) is 48.5 Å². The van der Waals surface area contributed by atoms with E-state index >= 15 is 0 Å². The second-order valence-corrected chi connectivity index (χ2v) is 5.48. The van der Waals surface area contributed by atoms with Crippen molar-refractivity contribution in [2.45, 2.75) is 32.4 Å². The molecular formula is C19H22FNO3. The van der Waals surface area contributed by atoms with Gasteiger partial charge in [-0.1, -0.05) is 25.1 Å². The normalized spacial score (nSPS) is 13.0. The third-order valence-corrected chi connectivity index (χ3v) is 3.71. The van der Waals surface area contributed by atoms with Crippen LogP contribution in [0.1, 0.15) is 31.9 Å². The minimum Gasteiger partial charge on any atom is -0.497 e. The Morgan fingerprint density at radius 1 is 1.17 bits per heavy atom. The molecule has 1 N–H and O–H groups in total. The van der Waals surface area contributed by atoms with Gasteiger partial charge in [0.1, 0.15) is 17.3 Å². The van der Waals surface area contributed by atoms with Crippen LogP contribution < -0.4 is 14.8 Å². The van der Waals surface area contributed by atoms with Crippen LogP contribution in [-0.2, 0) is 4.79 Å². The second-order valence-electron chi connectivity index (χ2n) is 5.48. The van der Waals surface area contributed by atoms with Crippen molar-refractivity contribution in [3.05, 3.63) is 59.9 Å². The van der Waals surface area contributed by atoms with E-state index in [-0.39, 0.29) is 17.8 Å². The first-order valence-corrected chi connectivity index (χ1v) is 7.90. The Bertz CT molecular complexity index is 673. The molecule has 0 aromatic heterocycles. The number of hydrogen-bond donors (Lipinski definition) is 1. The van der Waals surface area contributed by atoms with E-state index in [1.807, 2.05) is 19.9 Å². The van der Waals surface area contributed by atoms with Crippen LogP contribution in [0.5, 0.6) is 11.5 Å². The zero-order chi connectivity index (χ0) is 17.5. The lowest BCUT2D eigenvalue weighted by molar-refractivity contribution is -0.128. The number of methoxy groups -OCH3 is 1. The summed E-state index contributed by atoms with van der Waals surface area (Å²) in [5, 5.41) is 2.90. The zero-order valence-corrected chi connectivity index (χ0v) is 14.1. The molecule has 2 atom stereocenters. The van der Waals surface area contributed by atoms with Gasteiger partial charge in [-0.05, 0) is 43.2 Å². The average molecular weight is 331 g/mol. The van der Waals surface area contributed by atoms with E-state index in [0.29, 0.717) is 17.9 Å². The van der Waals surface area contributed by atoms with Gasteiger partial charge in [-0.15, -0.1) is 0 Å². The standard InChI is InChI=1S/C19H22FNO3/c1-4-18(24-17-7-5-6-16(12-17)23-3)19(22)21-13(2)14-8-10-15(20)11-9-14/h5-13,18H,4H2,1-3H3,(H,21,22)/t13-,18+/m0/s1. The van der Waals surface area contributed by atoms with Crippen LogP contribution in [0, 0.1) is 5.82 Å². The molecule has 0 aliphatic heterocycles. The van der Waals surface area contributed by atoms with Crippen molar-refractivity contribution in [2.24, 2.45) is 0 Å². The Morgan fingerprint density at radius 2 is 1.83 bits per heavy atom. The first-order valence-electron chi connectivity index (χ1n) is 7.90. The van der Waals surface area contributed by atoms with Crippen molar-refractivity contribution >= 4 is 5.91 Å². The van der Waals surface area contributed by atoms with Gasteiger partial charge in [0, 0.05) is 6.07 Å². The Balaban J connectivity index is 2.01. The summed E-state index contributed by atoms with van der Waals surface area (Å²) in [5.74, 6) is 0.732. The van der Waals surface area contributed by atoms with Crippen LogP contribution in [-0.4, -0.2) is 19.1 Å². The van der Waals surface area contributed by atoms with Crippen molar-refractivity contribution in [1.29, 1.82) is 0 Å². The molecule has 1 amide bonds. The van der Waals surface area contributed by atoms with Gasteiger partial charge < -0.3 is 14.8 Å². The van der Waals surface area contributed by atoms with Gasteiger partial charge in [0.05, 0.1) is 13.2 Å². The topological polar surface area (TPSA) is 47.6 Å². The van der Waals surface area contributed by atoms with Gasteiger partial charge in [0.25, 0.3) is 5.91 Å². The summed E-state index contributed by atoms with van der Waals surface area (Å²) in [4.78, 5) is 12.4. The number of ether oxygens (including phenoxy) is 2. The number of rotatable bonds is 7. The van der Waals surface area contributed by atoms with Crippen molar-refractivity contribution in [1.82, 2.24) is 5.32 Å². The number of carbonyl (C=O) groups is 1. The third-order valence-electron chi connectivity index (χ3n) is 3.71. The molecule has 2 aromatic carbocycles. The van der Waals surface area contributed by atoms with Gasteiger partial charge in [-0.25, -0.2) is 4.39 Å². The molecule has 0 aliphatic carbocycles. The fourth-order valence-electron chi connectivity index (χ4n) is 2.30. The fraction of sp³-hybridized carbons (Fsp3) is 0.316. The van der Waals surface area contributed by atoms with Crippen LogP contribution in [0.2, 0.25) is 0 Å². The highest BCUT2D eigenvalue weighted by atomic mass is 19.1. The highest BCUT2D eigenvalue weighted by Gasteiger charge is 2.21. The summed E-state index contributed by atoms with van der Waals surface area (Å²) in [6, 6.07) is 13.0. The van der Waals surface area contributed by atoms with E-state index in [4.69, 9.17) is 9.47 Å². The quantitative estimate of drug-likeness (QED) is 0.838. The molecule has 0 heterocycles. The van der Waals surface area contributed by atoms with Crippen LogP contribution >= 0.6 is 0 Å². The molecule has 0 radical (unpaired) electrons. The van der Waals surface area contributed by atoms with Gasteiger partial charge in [-0.3, -0.25) is 4.79 Å². The molecule has 0 bridgehead atoms. The molecule has 4 nitrogen and oxygen atoms in total. The van der Waals surface area contributed by atoms with E-state index in [1.165, 1.54) is 12.1 Å². The van der Waals surface area contributed by atoms with Gasteiger partial charge in [0.15, 0.2) is 6.10 Å². The molecule has 24 heavy (non-hydrogen) atoms. The fourth-order valence-corrected chi connectivity index (χ4v) is 2.30. The molecule has 0 unspecified atom stereocenters. The molecule has 0 saturated carbocycles. The Labute approximate surface area is 141 Å². The van der Waals surface area contributed by atoms with E-state index in [1.54, 1.807) is 37.4 Å². The number of benzene rings is 2. The highest BCUT2D eigenvalue weighted by Crippen LogP contribution is 2.21. The molecule has 2 rings (SSSR count). The SMILES string of the molecule is CC[C@@H](Oc1cccc(OC)c1)C(=O)N[C@@H](C)c1ccc(F)cc1. The predicted octanol–water partition coefficient (Wildman–Crippen LogP) is 3.87. The van der Waals surface area contributed by atoms with E-state index < -0.39 is 6.10 Å². The maximum Gasteiger partial charge on any atom is 0.261 e. The minimum atomic E-state index is -0.611. The summed E-state index contributed by atoms with van der Waals surface area (Å²) in [6.07, 6.45) is -0.0841. The highest BCUT2D eigenvalue weighted by molar-refractivity contribution is 5.81. The van der Waals surface area contributed by atoms with Crippen molar-refractivity contribution < 1.29 is 18.7 Å². The van der Waals surface area contributed by atoms with Gasteiger partial charge in [0.2, 0.25) is 0 Å². The maximum absolute atomic E-state index is 13.0. The Morgan fingerprint density at radius 3 is 2.46 bits per heavy atom. The molecule has 5 heteroatoms. The molecule has 2 aromatic rings. The average Bonchev–Trinajstić information content (AvgIpc) is 2.60. The first-order chi connectivity index (χ1) is 11.5. The number of halogens is 1. The largest absolute Gasteiger partial charge is 0.497 e. The summed E-state index contributed by atoms with van der Waals surface area (Å²) >= 11 is 0. The lowest BCUT2D eigenvalue weighted by atomic mass is 10.1. The first kappa shape index (κ1) is 17.8. The second kappa shape index (κ2) is 8.34. The Hall–Kier alpha value is -2.56. The van der Waals surface area contributed by atoms with Crippen molar-refractivity contribution in [3.63, 3.8) is 0 Å². The summed E-state index contributed by atoms with van der Waals surface area (Å²) in [6.45, 7) is 3.73. The van der Waals surface area contributed by atoms with E-state index in [9.17, 15) is 9.18 Å². The Kier molecular flexibility index (Phi) is 6.18. The van der Waals surface area contributed by atoms with E-state index in [0.717, 1.165) is 5.56 Å². The molecule has 0 fully saturated rings. The summed E-state index contributed by atoms with van der Waals surface area (Å²) in [7, 11) is 1.58. The van der Waals surface area contributed by atoms with Crippen molar-refractivity contribution in [3.8, 4) is 11.5 Å². The molecule has 0 saturated heterocycles. The monoisotopic (exact) mass is 331 g/mol. The minimum absolute atomic E-state index is 0.211. The zero-order valence-electron chi connectivity index (χ0n) is 14.1. The number of nitrogens with one attached hydrogen (secondary N) is 1. The third kappa shape index (κ3) is 4.72. The molecule has 128 valence electrons. The van der Waals surface area contributed by atoms with Crippen LogP contribution in [0.3, 0.4) is 0 Å². The molecular weight excluding hydrogens is 309 g/mol. The predicted molar refractivity (Wildman–Crippen MR) is 90.7 cm³/mol.